The first-order valence-corrected chi connectivity index (χ1v) is 7.07. The Morgan fingerprint density at radius 2 is 2.32 bits per heavy atom. The molecule has 0 bridgehead atoms. The first-order valence-electron chi connectivity index (χ1n) is 6.69. The SMILES string of the molecule is CCN(CCC(=O)Nc1cccc(Cl)c1)C1CNC1. The van der Waals surface area contributed by atoms with Crippen molar-refractivity contribution in [3.63, 3.8) is 0 Å². The zero-order chi connectivity index (χ0) is 13.7. The van der Waals surface area contributed by atoms with Gasteiger partial charge >= 0.3 is 0 Å². The van der Waals surface area contributed by atoms with Crippen LogP contribution in [0, 0.1) is 0 Å². The Balaban J connectivity index is 1.77. The van der Waals surface area contributed by atoms with Gasteiger partial charge in [-0.2, -0.15) is 0 Å². The standard InChI is InChI=1S/C14H20ClN3O/c1-2-18(13-9-16-10-13)7-6-14(19)17-12-5-3-4-11(15)8-12/h3-5,8,13,16H,2,6-7,9-10H2,1H3,(H,17,19). The monoisotopic (exact) mass is 281 g/mol. The molecule has 1 aliphatic heterocycles. The highest BCUT2D eigenvalue weighted by molar-refractivity contribution is 6.30. The lowest BCUT2D eigenvalue weighted by Gasteiger charge is -2.37. The molecule has 1 heterocycles. The van der Waals surface area contributed by atoms with Crippen molar-refractivity contribution < 1.29 is 4.79 Å². The van der Waals surface area contributed by atoms with Crippen LogP contribution in [-0.4, -0.2) is 43.0 Å². The number of nitrogens with zero attached hydrogens (tertiary/aromatic N) is 1. The Morgan fingerprint density at radius 1 is 1.53 bits per heavy atom. The lowest BCUT2D eigenvalue weighted by atomic mass is 10.1. The molecule has 0 aromatic heterocycles. The molecule has 1 amide bonds. The number of benzene rings is 1. The molecule has 0 radical (unpaired) electrons. The van der Waals surface area contributed by atoms with Gasteiger partial charge in [0.15, 0.2) is 0 Å². The summed E-state index contributed by atoms with van der Waals surface area (Å²) in [6.07, 6.45) is 0.511. The molecule has 104 valence electrons. The Kier molecular flexibility index (Phi) is 5.19. The minimum Gasteiger partial charge on any atom is -0.326 e. The number of carbonyl (C=O) groups excluding carboxylic acids is 1. The van der Waals surface area contributed by atoms with Crippen molar-refractivity contribution in [2.75, 3.05) is 31.5 Å². The fraction of sp³-hybridized carbons (Fsp3) is 0.500. The fourth-order valence-corrected chi connectivity index (χ4v) is 2.36. The van der Waals surface area contributed by atoms with Gasteiger partial charge in [-0.25, -0.2) is 0 Å². The van der Waals surface area contributed by atoms with E-state index in [0.717, 1.165) is 31.9 Å². The summed E-state index contributed by atoms with van der Waals surface area (Å²) in [4.78, 5) is 14.2. The normalized spacial score (nSPS) is 15.3. The lowest BCUT2D eigenvalue weighted by Crippen LogP contribution is -2.57. The predicted molar refractivity (Wildman–Crippen MR) is 78.6 cm³/mol. The van der Waals surface area contributed by atoms with Crippen molar-refractivity contribution in [3.05, 3.63) is 29.3 Å². The van der Waals surface area contributed by atoms with Crippen LogP contribution in [0.1, 0.15) is 13.3 Å². The molecule has 19 heavy (non-hydrogen) atoms. The summed E-state index contributed by atoms with van der Waals surface area (Å²) in [7, 11) is 0. The molecule has 2 rings (SSSR count). The maximum absolute atomic E-state index is 11.9. The minimum atomic E-state index is 0.0352. The maximum atomic E-state index is 11.9. The van der Waals surface area contributed by atoms with Crippen LogP contribution in [-0.2, 0) is 4.79 Å². The number of nitrogens with one attached hydrogen (secondary N) is 2. The number of anilines is 1. The van der Waals surface area contributed by atoms with Crippen LogP contribution >= 0.6 is 11.6 Å². The van der Waals surface area contributed by atoms with Crippen LogP contribution in [0.4, 0.5) is 5.69 Å². The first-order chi connectivity index (χ1) is 9.19. The van der Waals surface area contributed by atoms with Gasteiger partial charge in [0.25, 0.3) is 0 Å². The van der Waals surface area contributed by atoms with Crippen LogP contribution in [0.2, 0.25) is 5.02 Å². The first kappa shape index (κ1) is 14.3. The molecule has 1 saturated heterocycles. The van der Waals surface area contributed by atoms with E-state index in [9.17, 15) is 4.79 Å². The average Bonchev–Trinajstić information content (AvgIpc) is 2.32. The zero-order valence-electron chi connectivity index (χ0n) is 11.2. The van der Waals surface area contributed by atoms with Crippen molar-refractivity contribution in [3.8, 4) is 0 Å². The summed E-state index contributed by atoms with van der Waals surface area (Å²) in [6.45, 7) is 5.98. The molecular formula is C14H20ClN3O. The highest BCUT2D eigenvalue weighted by Gasteiger charge is 2.23. The Bertz CT molecular complexity index is 434. The second-order valence-electron chi connectivity index (χ2n) is 4.75. The van der Waals surface area contributed by atoms with E-state index in [-0.39, 0.29) is 5.91 Å². The maximum Gasteiger partial charge on any atom is 0.225 e. The van der Waals surface area contributed by atoms with Gasteiger partial charge in [-0.05, 0) is 24.7 Å². The van der Waals surface area contributed by atoms with E-state index in [2.05, 4.69) is 22.5 Å². The average molecular weight is 282 g/mol. The van der Waals surface area contributed by atoms with Gasteiger partial charge in [0.1, 0.15) is 0 Å². The highest BCUT2D eigenvalue weighted by atomic mass is 35.5. The van der Waals surface area contributed by atoms with Gasteiger partial charge in [0, 0.05) is 42.8 Å². The van der Waals surface area contributed by atoms with E-state index >= 15 is 0 Å². The van der Waals surface area contributed by atoms with Crippen LogP contribution in [0.3, 0.4) is 0 Å². The minimum absolute atomic E-state index is 0.0352. The van der Waals surface area contributed by atoms with Crippen LogP contribution < -0.4 is 10.6 Å². The number of likely N-dealkylation sites (N-methyl/N-ethyl adjacent to an activating group) is 1. The van der Waals surface area contributed by atoms with Gasteiger partial charge in [-0.1, -0.05) is 24.6 Å². The Hall–Kier alpha value is -1.10. The van der Waals surface area contributed by atoms with Gasteiger partial charge in [0.05, 0.1) is 0 Å². The van der Waals surface area contributed by atoms with Crippen molar-refractivity contribution >= 4 is 23.2 Å². The predicted octanol–water partition coefficient (Wildman–Crippen LogP) is 1.96. The number of halogens is 1. The van der Waals surface area contributed by atoms with Gasteiger partial charge in [0.2, 0.25) is 5.91 Å². The van der Waals surface area contributed by atoms with Gasteiger partial charge in [-0.3, -0.25) is 9.69 Å². The number of carbonyl (C=O) groups is 1. The van der Waals surface area contributed by atoms with E-state index in [4.69, 9.17) is 11.6 Å². The second-order valence-corrected chi connectivity index (χ2v) is 5.19. The van der Waals surface area contributed by atoms with E-state index in [0.29, 0.717) is 17.5 Å². The fourth-order valence-electron chi connectivity index (χ4n) is 2.17. The molecule has 1 aromatic carbocycles. The summed E-state index contributed by atoms with van der Waals surface area (Å²) >= 11 is 5.88. The number of hydrogen-bond acceptors (Lipinski definition) is 3. The summed E-state index contributed by atoms with van der Waals surface area (Å²) < 4.78 is 0. The molecule has 0 saturated carbocycles. The molecule has 1 aliphatic rings. The molecule has 0 unspecified atom stereocenters. The molecule has 4 nitrogen and oxygen atoms in total. The van der Waals surface area contributed by atoms with E-state index in [1.165, 1.54) is 0 Å². The van der Waals surface area contributed by atoms with Crippen molar-refractivity contribution in [2.45, 2.75) is 19.4 Å². The summed E-state index contributed by atoms with van der Waals surface area (Å²) in [5.74, 6) is 0.0352. The Labute approximate surface area is 119 Å². The zero-order valence-corrected chi connectivity index (χ0v) is 11.9. The van der Waals surface area contributed by atoms with Crippen molar-refractivity contribution in [1.82, 2.24) is 10.2 Å². The number of hydrogen-bond donors (Lipinski definition) is 2. The van der Waals surface area contributed by atoms with E-state index < -0.39 is 0 Å². The van der Waals surface area contributed by atoms with Gasteiger partial charge < -0.3 is 10.6 Å². The molecule has 0 aliphatic carbocycles. The smallest absolute Gasteiger partial charge is 0.225 e. The molecule has 0 atom stereocenters. The van der Waals surface area contributed by atoms with Crippen LogP contribution in [0.25, 0.3) is 0 Å². The highest BCUT2D eigenvalue weighted by Crippen LogP contribution is 2.15. The largest absolute Gasteiger partial charge is 0.326 e. The van der Waals surface area contributed by atoms with Crippen LogP contribution in [0.15, 0.2) is 24.3 Å². The summed E-state index contributed by atoms with van der Waals surface area (Å²) in [5.41, 5.74) is 0.755. The van der Waals surface area contributed by atoms with Gasteiger partial charge in [-0.15, -0.1) is 0 Å². The molecular weight excluding hydrogens is 262 g/mol. The summed E-state index contributed by atoms with van der Waals surface area (Å²) in [6, 6.07) is 7.81. The number of amides is 1. The third kappa shape index (κ3) is 4.20. The van der Waals surface area contributed by atoms with Crippen molar-refractivity contribution in [2.24, 2.45) is 0 Å². The third-order valence-electron chi connectivity index (χ3n) is 3.42. The second kappa shape index (κ2) is 6.89. The quantitative estimate of drug-likeness (QED) is 0.838. The molecule has 5 heteroatoms. The lowest BCUT2D eigenvalue weighted by molar-refractivity contribution is -0.116. The third-order valence-corrected chi connectivity index (χ3v) is 3.65. The van der Waals surface area contributed by atoms with E-state index in [1.54, 1.807) is 12.1 Å². The Morgan fingerprint density at radius 3 is 2.89 bits per heavy atom. The molecule has 1 fully saturated rings. The topological polar surface area (TPSA) is 44.4 Å². The molecule has 0 spiro atoms. The van der Waals surface area contributed by atoms with E-state index in [1.807, 2.05) is 12.1 Å². The van der Waals surface area contributed by atoms with Crippen molar-refractivity contribution in [1.29, 1.82) is 0 Å². The molecule has 1 aromatic rings. The van der Waals surface area contributed by atoms with Crippen LogP contribution in [0.5, 0.6) is 0 Å². The molecule has 2 N–H and O–H groups in total. The number of rotatable bonds is 6. The summed E-state index contributed by atoms with van der Waals surface area (Å²) in [5, 5.41) is 6.76.